The summed E-state index contributed by atoms with van der Waals surface area (Å²) in [5.41, 5.74) is -0.260. The second-order valence-electron chi connectivity index (χ2n) is 6.19. The highest BCUT2D eigenvalue weighted by molar-refractivity contribution is 7.91. The number of carbonyl (C=O) groups excluding carboxylic acids is 1. The number of nitriles is 1. The summed E-state index contributed by atoms with van der Waals surface area (Å²) in [6.45, 7) is -0.117. The van der Waals surface area contributed by atoms with Gasteiger partial charge in [-0.25, -0.2) is 13.2 Å². The number of nitrogens with zero attached hydrogens (tertiary/aromatic N) is 1. The van der Waals surface area contributed by atoms with E-state index >= 15 is 0 Å². The Morgan fingerprint density at radius 3 is 2.41 bits per heavy atom. The van der Waals surface area contributed by atoms with Crippen LogP contribution in [0.5, 0.6) is 0 Å². The molecule has 0 spiro atoms. The predicted octanol–water partition coefficient (Wildman–Crippen LogP) is 4.18. The largest absolute Gasteiger partial charge is 0.462 e. The summed E-state index contributed by atoms with van der Waals surface area (Å²) < 4.78 is 67.4. The fourth-order valence-electron chi connectivity index (χ4n) is 2.51. The molecule has 0 N–H and O–H groups in total. The fourth-order valence-corrected chi connectivity index (χ4v) is 3.82. The minimum Gasteiger partial charge on any atom is -0.462 e. The van der Waals surface area contributed by atoms with Gasteiger partial charge in [0.15, 0.2) is 9.84 Å². The number of alkyl halides is 3. The molecule has 29 heavy (non-hydrogen) atoms. The molecule has 0 heterocycles. The number of benzene rings is 2. The molecule has 0 aliphatic rings. The summed E-state index contributed by atoms with van der Waals surface area (Å²) in [5.74, 6) is -0.869. The first-order valence-electron chi connectivity index (χ1n) is 8.66. The monoisotopic (exact) mass is 425 g/mol. The van der Waals surface area contributed by atoms with Crippen LogP contribution in [0.4, 0.5) is 13.2 Å². The highest BCUT2D eigenvalue weighted by atomic mass is 32.2. The molecule has 2 aromatic rings. The van der Waals surface area contributed by atoms with Crippen LogP contribution in [0.15, 0.2) is 53.4 Å². The lowest BCUT2D eigenvalue weighted by Crippen LogP contribution is -2.10. The molecule has 5 nitrogen and oxygen atoms in total. The molecule has 0 atom stereocenters. The molecular formula is C20H18F3NO4S. The topological polar surface area (TPSA) is 84.2 Å². The van der Waals surface area contributed by atoms with E-state index in [1.54, 1.807) is 0 Å². The number of rotatable bonds is 8. The van der Waals surface area contributed by atoms with Crippen LogP contribution in [0.1, 0.15) is 34.3 Å². The van der Waals surface area contributed by atoms with Crippen molar-refractivity contribution in [3.05, 3.63) is 65.2 Å². The van der Waals surface area contributed by atoms with Crippen molar-refractivity contribution in [2.45, 2.75) is 30.3 Å². The van der Waals surface area contributed by atoms with Crippen molar-refractivity contribution in [1.82, 2.24) is 0 Å². The van der Waals surface area contributed by atoms with Crippen molar-refractivity contribution in [3.63, 3.8) is 0 Å². The first-order valence-corrected chi connectivity index (χ1v) is 10.3. The van der Waals surface area contributed by atoms with E-state index in [9.17, 15) is 26.4 Å². The van der Waals surface area contributed by atoms with Gasteiger partial charge in [0.05, 0.1) is 34.5 Å². The van der Waals surface area contributed by atoms with E-state index in [1.165, 1.54) is 36.4 Å². The zero-order valence-corrected chi connectivity index (χ0v) is 16.1. The first-order chi connectivity index (χ1) is 13.6. The highest BCUT2D eigenvalue weighted by Crippen LogP contribution is 2.29. The Balaban J connectivity index is 1.92. The fraction of sp³-hybridized carbons (Fsp3) is 0.300. The third-order valence-corrected chi connectivity index (χ3v) is 5.85. The summed E-state index contributed by atoms with van der Waals surface area (Å²) >= 11 is 0. The molecule has 0 aromatic heterocycles. The van der Waals surface area contributed by atoms with Crippen LogP contribution in [0.2, 0.25) is 0 Å². The first kappa shape index (κ1) is 22.4. The number of hydrogen-bond acceptors (Lipinski definition) is 5. The number of unbranched alkanes of at least 4 members (excludes halogenated alkanes) is 1. The van der Waals surface area contributed by atoms with E-state index in [0.717, 1.165) is 12.1 Å². The average molecular weight is 425 g/mol. The molecule has 0 saturated carbocycles. The number of sulfone groups is 1. The van der Waals surface area contributed by atoms with Gasteiger partial charge in [0.2, 0.25) is 0 Å². The van der Waals surface area contributed by atoms with Crippen molar-refractivity contribution in [2.75, 3.05) is 12.4 Å². The van der Waals surface area contributed by atoms with Gasteiger partial charge >= 0.3 is 12.1 Å². The van der Waals surface area contributed by atoms with Gasteiger partial charge in [-0.1, -0.05) is 18.2 Å². The van der Waals surface area contributed by atoms with Crippen molar-refractivity contribution < 1.29 is 31.1 Å². The predicted molar refractivity (Wildman–Crippen MR) is 98.8 cm³/mol. The lowest BCUT2D eigenvalue weighted by molar-refractivity contribution is -0.137. The van der Waals surface area contributed by atoms with Crippen molar-refractivity contribution >= 4 is 15.8 Å². The smallest absolute Gasteiger partial charge is 0.416 e. The second-order valence-corrected chi connectivity index (χ2v) is 8.30. The number of hydrogen-bond donors (Lipinski definition) is 0. The quantitative estimate of drug-likeness (QED) is 0.468. The van der Waals surface area contributed by atoms with Crippen LogP contribution in [0, 0.1) is 11.3 Å². The van der Waals surface area contributed by atoms with Gasteiger partial charge in [-0.15, -0.1) is 0 Å². The average Bonchev–Trinajstić information content (AvgIpc) is 2.68. The van der Waals surface area contributed by atoms with Crippen LogP contribution in [-0.4, -0.2) is 26.7 Å². The Morgan fingerprint density at radius 1 is 1.10 bits per heavy atom. The molecule has 0 aliphatic heterocycles. The van der Waals surface area contributed by atoms with Gasteiger partial charge < -0.3 is 4.74 Å². The molecule has 0 saturated heterocycles. The molecule has 0 bridgehead atoms. The number of esters is 1. The van der Waals surface area contributed by atoms with Gasteiger partial charge in [0.1, 0.15) is 0 Å². The zero-order chi connectivity index (χ0) is 21.5. The van der Waals surface area contributed by atoms with Crippen molar-refractivity contribution in [1.29, 1.82) is 5.26 Å². The lowest BCUT2D eigenvalue weighted by atomic mass is 10.1. The Morgan fingerprint density at radius 2 is 1.79 bits per heavy atom. The lowest BCUT2D eigenvalue weighted by Gasteiger charge is -2.09. The molecule has 9 heteroatoms. The molecule has 0 fully saturated rings. The zero-order valence-electron chi connectivity index (χ0n) is 15.3. The van der Waals surface area contributed by atoms with Crippen LogP contribution in [0.3, 0.4) is 0 Å². The number of carbonyl (C=O) groups is 1. The van der Waals surface area contributed by atoms with E-state index in [4.69, 9.17) is 10.00 Å². The maximum Gasteiger partial charge on any atom is 0.416 e. The summed E-state index contributed by atoms with van der Waals surface area (Å²) in [5, 5.41) is 8.48. The van der Waals surface area contributed by atoms with Crippen LogP contribution >= 0.6 is 0 Å². The Hall–Kier alpha value is -2.86. The second kappa shape index (κ2) is 9.56. The molecule has 154 valence electrons. The molecule has 0 unspecified atom stereocenters. The van der Waals surface area contributed by atoms with Gasteiger partial charge in [0.25, 0.3) is 0 Å². The normalized spacial score (nSPS) is 11.7. The van der Waals surface area contributed by atoms with Crippen LogP contribution in [0.25, 0.3) is 0 Å². The summed E-state index contributed by atoms with van der Waals surface area (Å²) in [6, 6.07) is 11.8. The highest BCUT2D eigenvalue weighted by Gasteiger charge is 2.30. The van der Waals surface area contributed by atoms with Gasteiger partial charge in [-0.05, 0) is 42.3 Å². The molecule has 2 aromatic carbocycles. The third-order valence-electron chi connectivity index (χ3n) is 4.03. The summed E-state index contributed by atoms with van der Waals surface area (Å²) in [4.78, 5) is 12.1. The van der Waals surface area contributed by atoms with Crippen LogP contribution in [-0.2, 0) is 27.2 Å². The molecular weight excluding hydrogens is 407 g/mol. The Kier molecular flexibility index (Phi) is 7.40. The van der Waals surface area contributed by atoms with Crippen molar-refractivity contribution in [3.8, 4) is 6.07 Å². The third kappa shape index (κ3) is 6.61. The summed E-state index contributed by atoms with van der Waals surface area (Å²) in [7, 11) is -3.54. The van der Waals surface area contributed by atoms with Gasteiger partial charge in [-0.2, -0.15) is 18.4 Å². The maximum absolute atomic E-state index is 12.7. The van der Waals surface area contributed by atoms with E-state index in [1.807, 2.05) is 6.07 Å². The Labute approximate surface area is 166 Å². The number of ether oxygens (including phenoxy) is 1. The molecule has 0 aliphatic carbocycles. The van der Waals surface area contributed by atoms with Crippen molar-refractivity contribution in [2.24, 2.45) is 0 Å². The maximum atomic E-state index is 12.7. The molecule has 0 radical (unpaired) electrons. The summed E-state index contributed by atoms with van der Waals surface area (Å²) in [6.07, 6.45) is -3.97. The minimum absolute atomic E-state index is 0.0379. The minimum atomic E-state index is -4.44. The van der Waals surface area contributed by atoms with E-state index < -0.39 is 27.5 Å². The molecule has 2 rings (SSSR count). The molecule has 0 amide bonds. The SMILES string of the molecule is N#CCCCS(=O)(=O)c1ccc(C(=O)OCCc2cccc(C(F)(F)F)c2)cc1. The van der Waals surface area contributed by atoms with E-state index in [-0.39, 0.29) is 42.1 Å². The van der Waals surface area contributed by atoms with Gasteiger partial charge in [-0.3, -0.25) is 0 Å². The Bertz CT molecular complexity index is 994. The van der Waals surface area contributed by atoms with Crippen LogP contribution < -0.4 is 0 Å². The number of halogens is 3. The van der Waals surface area contributed by atoms with Gasteiger partial charge in [0, 0.05) is 12.8 Å². The van der Waals surface area contributed by atoms with E-state index in [0.29, 0.717) is 5.56 Å². The standard InChI is InChI=1S/C20H18F3NO4S/c21-20(22,23)17-5-3-4-15(14-17)10-12-28-19(25)16-6-8-18(9-7-16)29(26,27)13-2-1-11-24/h3-9,14H,1-2,10,12-13H2. The van der Waals surface area contributed by atoms with E-state index in [2.05, 4.69) is 0 Å².